The molecule has 0 radical (unpaired) electrons. The van der Waals surface area contributed by atoms with E-state index in [0.29, 0.717) is 0 Å². The molecule has 1 amide bonds. The summed E-state index contributed by atoms with van der Waals surface area (Å²) in [7, 11) is 0. The summed E-state index contributed by atoms with van der Waals surface area (Å²) in [6, 6.07) is 0. The van der Waals surface area contributed by atoms with Crippen LogP contribution in [-0.4, -0.2) is 33.4 Å². The Kier molecular flexibility index (Phi) is 7.07. The zero-order chi connectivity index (χ0) is 16.8. The second kappa shape index (κ2) is 7.77. The SMILES string of the molecule is Cl.Cl.NC12CCC(N)(CC1)CC2.NC12CCC(NC(=O)O)(CC1)CC2. The number of fused-ring (bicyclic) bond motifs is 6. The third-order valence-electron chi connectivity index (χ3n) is 7.04. The number of nitrogens with two attached hydrogens (primary N) is 3. The molecule has 0 unspecified atom stereocenters. The Bertz CT molecular complexity index is 422. The Labute approximate surface area is 162 Å². The van der Waals surface area contributed by atoms with Crippen molar-refractivity contribution in [2.24, 2.45) is 17.2 Å². The van der Waals surface area contributed by atoms with Crippen LogP contribution in [0.3, 0.4) is 0 Å². The highest BCUT2D eigenvalue weighted by Gasteiger charge is 2.47. The van der Waals surface area contributed by atoms with Crippen LogP contribution in [0.5, 0.6) is 0 Å². The molecule has 6 aliphatic carbocycles. The highest BCUT2D eigenvalue weighted by molar-refractivity contribution is 5.85. The van der Waals surface area contributed by atoms with E-state index in [0.717, 1.165) is 77.0 Å². The molecular formula is C17H34Cl2N4O2. The molecule has 0 aromatic rings. The van der Waals surface area contributed by atoms with Crippen molar-refractivity contribution in [3.8, 4) is 0 Å². The Balaban J connectivity index is 0.000000237. The third-order valence-corrected chi connectivity index (χ3v) is 7.04. The van der Waals surface area contributed by atoms with Gasteiger partial charge in [-0.3, -0.25) is 0 Å². The molecule has 0 heterocycles. The zero-order valence-electron chi connectivity index (χ0n) is 14.9. The minimum absolute atomic E-state index is 0. The minimum atomic E-state index is -0.897. The van der Waals surface area contributed by atoms with Crippen LogP contribution in [0.25, 0.3) is 0 Å². The smallest absolute Gasteiger partial charge is 0.405 e. The lowest BCUT2D eigenvalue weighted by Gasteiger charge is -2.51. The van der Waals surface area contributed by atoms with E-state index in [1.165, 1.54) is 0 Å². The fourth-order valence-corrected chi connectivity index (χ4v) is 4.87. The van der Waals surface area contributed by atoms with Crippen LogP contribution in [0.4, 0.5) is 4.79 Å². The topological polar surface area (TPSA) is 127 Å². The van der Waals surface area contributed by atoms with Gasteiger partial charge in [0, 0.05) is 22.2 Å². The molecule has 6 rings (SSSR count). The summed E-state index contributed by atoms with van der Waals surface area (Å²) in [6.07, 6.45) is 11.7. The molecule has 0 aromatic carbocycles. The Morgan fingerprint density at radius 3 is 1.12 bits per heavy atom. The first-order valence-electron chi connectivity index (χ1n) is 9.04. The number of rotatable bonds is 1. The van der Waals surface area contributed by atoms with Gasteiger partial charge in [0.15, 0.2) is 0 Å². The van der Waals surface area contributed by atoms with Crippen molar-refractivity contribution < 1.29 is 9.90 Å². The predicted octanol–water partition coefficient (Wildman–Crippen LogP) is 2.65. The monoisotopic (exact) mass is 396 g/mol. The van der Waals surface area contributed by atoms with Crippen molar-refractivity contribution in [1.29, 1.82) is 0 Å². The molecule has 6 saturated carbocycles. The van der Waals surface area contributed by atoms with Gasteiger partial charge in [0.2, 0.25) is 0 Å². The average Bonchev–Trinajstić information content (AvgIpc) is 2.51. The number of carbonyl (C=O) groups is 1. The van der Waals surface area contributed by atoms with Crippen molar-refractivity contribution in [2.75, 3.05) is 0 Å². The van der Waals surface area contributed by atoms with Gasteiger partial charge in [-0.1, -0.05) is 0 Å². The molecule has 148 valence electrons. The minimum Gasteiger partial charge on any atom is -0.465 e. The number of hydrogen-bond donors (Lipinski definition) is 5. The first kappa shape index (κ1) is 22.8. The van der Waals surface area contributed by atoms with Gasteiger partial charge in [-0.15, -0.1) is 24.8 Å². The fraction of sp³-hybridized carbons (Fsp3) is 0.941. The molecule has 6 fully saturated rings. The van der Waals surface area contributed by atoms with Crippen molar-refractivity contribution in [3.63, 3.8) is 0 Å². The fourth-order valence-electron chi connectivity index (χ4n) is 4.87. The maximum absolute atomic E-state index is 10.6. The van der Waals surface area contributed by atoms with Crippen molar-refractivity contribution >= 4 is 30.9 Å². The molecular weight excluding hydrogens is 363 g/mol. The summed E-state index contributed by atoms with van der Waals surface area (Å²) in [5, 5.41) is 11.4. The van der Waals surface area contributed by atoms with Gasteiger partial charge in [-0.05, 0) is 77.0 Å². The van der Waals surface area contributed by atoms with Crippen molar-refractivity contribution in [3.05, 3.63) is 0 Å². The highest BCUT2D eigenvalue weighted by atomic mass is 35.5. The molecule has 8 N–H and O–H groups in total. The molecule has 8 heteroatoms. The van der Waals surface area contributed by atoms with Crippen LogP contribution in [0.15, 0.2) is 0 Å². The van der Waals surface area contributed by atoms with Gasteiger partial charge in [0.25, 0.3) is 0 Å². The zero-order valence-corrected chi connectivity index (χ0v) is 16.5. The molecule has 0 saturated heterocycles. The number of hydrogen-bond acceptors (Lipinski definition) is 4. The summed E-state index contributed by atoms with van der Waals surface area (Å²) in [5.74, 6) is 0. The van der Waals surface area contributed by atoms with Crippen molar-refractivity contribution in [2.45, 2.75) is 99.2 Å². The molecule has 4 bridgehead atoms. The molecule has 0 aromatic heterocycles. The average molecular weight is 397 g/mol. The van der Waals surface area contributed by atoms with E-state index in [9.17, 15) is 4.79 Å². The first-order chi connectivity index (χ1) is 10.7. The lowest BCUT2D eigenvalue weighted by atomic mass is 9.62. The van der Waals surface area contributed by atoms with E-state index in [2.05, 4.69) is 5.32 Å². The quantitative estimate of drug-likeness (QED) is 0.465. The lowest BCUT2D eigenvalue weighted by molar-refractivity contribution is 0.0790. The summed E-state index contributed by atoms with van der Waals surface area (Å²) in [4.78, 5) is 10.6. The van der Waals surface area contributed by atoms with Gasteiger partial charge in [-0.25, -0.2) is 4.79 Å². The van der Waals surface area contributed by atoms with Crippen LogP contribution >= 0.6 is 24.8 Å². The van der Waals surface area contributed by atoms with Gasteiger partial charge in [0.1, 0.15) is 0 Å². The van der Waals surface area contributed by atoms with E-state index in [1.54, 1.807) is 0 Å². The molecule has 25 heavy (non-hydrogen) atoms. The van der Waals surface area contributed by atoms with Gasteiger partial charge in [0.05, 0.1) is 0 Å². The van der Waals surface area contributed by atoms with Gasteiger partial charge < -0.3 is 27.6 Å². The summed E-state index contributed by atoms with van der Waals surface area (Å²) in [6.45, 7) is 0. The van der Waals surface area contributed by atoms with Gasteiger partial charge >= 0.3 is 6.09 Å². The highest BCUT2D eigenvalue weighted by Crippen LogP contribution is 2.45. The Hall–Kier alpha value is -0.270. The molecule has 0 atom stereocenters. The number of carboxylic acid groups (broad SMARTS) is 1. The normalized spacial score (nSPS) is 43.8. The standard InChI is InChI=1S/C9H16N2O2.C8H16N2.2ClH/c10-8-1-4-9(5-2-8,6-3-8)11-7(12)13;9-7-1-2-8(10,5-3-7)6-4-7;;/h11H,1-6,10H2,(H,12,13);1-6,9-10H2;2*1H. The molecule has 6 nitrogen and oxygen atoms in total. The number of halogens is 2. The Morgan fingerprint density at radius 1 is 0.640 bits per heavy atom. The number of amides is 1. The molecule has 6 aliphatic rings. The van der Waals surface area contributed by atoms with E-state index >= 15 is 0 Å². The Morgan fingerprint density at radius 2 is 0.880 bits per heavy atom. The van der Waals surface area contributed by atoms with E-state index in [4.69, 9.17) is 22.3 Å². The van der Waals surface area contributed by atoms with Crippen LogP contribution in [0.1, 0.15) is 77.0 Å². The van der Waals surface area contributed by atoms with E-state index in [1.807, 2.05) is 0 Å². The molecule has 0 aliphatic heterocycles. The summed E-state index contributed by atoms with van der Waals surface area (Å²) < 4.78 is 0. The van der Waals surface area contributed by atoms with Crippen molar-refractivity contribution in [1.82, 2.24) is 5.32 Å². The van der Waals surface area contributed by atoms with Gasteiger partial charge in [-0.2, -0.15) is 0 Å². The van der Waals surface area contributed by atoms with Crippen LogP contribution in [-0.2, 0) is 0 Å². The second-order valence-electron chi connectivity index (χ2n) is 8.80. The second-order valence-corrected chi connectivity index (χ2v) is 8.80. The van der Waals surface area contributed by atoms with E-state index < -0.39 is 6.09 Å². The number of nitrogens with one attached hydrogen (secondary N) is 1. The summed E-state index contributed by atoms with van der Waals surface area (Å²) >= 11 is 0. The predicted molar refractivity (Wildman–Crippen MR) is 105 cm³/mol. The molecule has 0 spiro atoms. The summed E-state index contributed by atoms with van der Waals surface area (Å²) in [5.41, 5.74) is 18.5. The van der Waals surface area contributed by atoms with Crippen LogP contribution in [0.2, 0.25) is 0 Å². The lowest BCUT2D eigenvalue weighted by Crippen LogP contribution is -2.61. The third kappa shape index (κ3) is 5.13. The van der Waals surface area contributed by atoms with E-state index in [-0.39, 0.29) is 47.0 Å². The maximum atomic E-state index is 10.6. The van der Waals surface area contributed by atoms with Crippen LogP contribution < -0.4 is 22.5 Å². The maximum Gasteiger partial charge on any atom is 0.405 e. The first-order valence-corrected chi connectivity index (χ1v) is 9.04. The largest absolute Gasteiger partial charge is 0.465 e. The van der Waals surface area contributed by atoms with Crippen LogP contribution in [0, 0.1) is 0 Å².